The zero-order chi connectivity index (χ0) is 17.9. The molecule has 1 aromatic carbocycles. The number of hydrogen-bond acceptors (Lipinski definition) is 5. The van der Waals surface area contributed by atoms with Crippen LogP contribution in [0.5, 0.6) is 0 Å². The first-order chi connectivity index (χ1) is 12.0. The lowest BCUT2D eigenvalue weighted by Gasteiger charge is -2.09. The third-order valence-electron chi connectivity index (χ3n) is 3.79. The van der Waals surface area contributed by atoms with Crippen LogP contribution in [0.25, 0.3) is 11.3 Å². The smallest absolute Gasteiger partial charge is 0.240 e. The van der Waals surface area contributed by atoms with Crippen molar-refractivity contribution in [2.24, 2.45) is 0 Å². The van der Waals surface area contributed by atoms with Crippen LogP contribution in [-0.2, 0) is 16.4 Å². The van der Waals surface area contributed by atoms with Crippen molar-refractivity contribution in [3.63, 3.8) is 0 Å². The van der Waals surface area contributed by atoms with E-state index >= 15 is 0 Å². The van der Waals surface area contributed by atoms with Crippen molar-refractivity contribution in [2.45, 2.75) is 25.2 Å². The van der Waals surface area contributed by atoms with E-state index in [1.54, 1.807) is 25.4 Å². The van der Waals surface area contributed by atoms with Crippen LogP contribution in [0.15, 0.2) is 53.0 Å². The molecular formula is C18H19N3O2S2. The van der Waals surface area contributed by atoms with E-state index in [-0.39, 0.29) is 0 Å². The maximum Gasteiger partial charge on any atom is 0.240 e. The largest absolute Gasteiger partial charge is 0.265 e. The van der Waals surface area contributed by atoms with Crippen LogP contribution in [0.1, 0.15) is 16.1 Å². The van der Waals surface area contributed by atoms with Gasteiger partial charge in [0.25, 0.3) is 0 Å². The Balaban J connectivity index is 1.65. The summed E-state index contributed by atoms with van der Waals surface area (Å²) in [7, 11) is -3.51. The predicted octanol–water partition coefficient (Wildman–Crippen LogP) is 3.34. The Hall–Kier alpha value is -2.09. The van der Waals surface area contributed by atoms with E-state index in [0.717, 1.165) is 27.4 Å². The fourth-order valence-electron chi connectivity index (χ4n) is 2.45. The van der Waals surface area contributed by atoms with Gasteiger partial charge in [-0.2, -0.15) is 0 Å². The molecule has 3 aromatic rings. The van der Waals surface area contributed by atoms with E-state index in [4.69, 9.17) is 0 Å². The third-order valence-corrected chi connectivity index (χ3v) is 6.30. The number of nitrogens with one attached hydrogen (secondary N) is 1. The highest BCUT2D eigenvalue weighted by atomic mass is 32.2. The number of hydrogen-bond donors (Lipinski definition) is 1. The Morgan fingerprint density at radius 1 is 1.12 bits per heavy atom. The number of benzene rings is 1. The van der Waals surface area contributed by atoms with Gasteiger partial charge in [-0.3, -0.25) is 4.98 Å². The maximum atomic E-state index is 12.5. The Morgan fingerprint density at radius 3 is 2.64 bits per heavy atom. The molecular weight excluding hydrogens is 354 g/mol. The molecule has 0 radical (unpaired) electrons. The lowest BCUT2D eigenvalue weighted by Crippen LogP contribution is -2.26. The number of nitrogens with zero attached hydrogens (tertiary/aromatic N) is 2. The van der Waals surface area contributed by atoms with E-state index in [0.29, 0.717) is 17.9 Å². The number of sulfonamides is 1. The fraction of sp³-hybridized carbons (Fsp3) is 0.222. The maximum absolute atomic E-state index is 12.5. The minimum absolute atomic E-state index is 0.318. The van der Waals surface area contributed by atoms with Crippen molar-refractivity contribution in [3.05, 3.63) is 64.2 Å². The fourth-order valence-corrected chi connectivity index (χ4v) is 4.61. The number of pyridine rings is 1. The highest BCUT2D eigenvalue weighted by Crippen LogP contribution is 2.21. The first-order valence-corrected chi connectivity index (χ1v) is 10.2. The van der Waals surface area contributed by atoms with Crippen molar-refractivity contribution >= 4 is 21.4 Å². The van der Waals surface area contributed by atoms with Gasteiger partial charge in [0.2, 0.25) is 10.0 Å². The van der Waals surface area contributed by atoms with Crippen LogP contribution in [0.3, 0.4) is 0 Å². The monoisotopic (exact) mass is 373 g/mol. The zero-order valence-corrected chi connectivity index (χ0v) is 15.7. The van der Waals surface area contributed by atoms with Gasteiger partial charge in [0.15, 0.2) is 0 Å². The molecule has 0 unspecified atom stereocenters. The molecule has 2 heterocycles. The molecule has 0 fully saturated rings. The molecule has 0 saturated carbocycles. The third kappa shape index (κ3) is 4.31. The van der Waals surface area contributed by atoms with Crippen LogP contribution in [0, 0.1) is 13.8 Å². The van der Waals surface area contributed by atoms with Crippen LogP contribution in [-0.4, -0.2) is 24.9 Å². The summed E-state index contributed by atoms with van der Waals surface area (Å²) < 4.78 is 27.6. The number of aromatic nitrogens is 2. The van der Waals surface area contributed by atoms with E-state index in [1.807, 2.05) is 36.6 Å². The van der Waals surface area contributed by atoms with Gasteiger partial charge < -0.3 is 0 Å². The minimum Gasteiger partial charge on any atom is -0.265 e. The first kappa shape index (κ1) is 17.7. The summed E-state index contributed by atoms with van der Waals surface area (Å²) >= 11 is 1.53. The van der Waals surface area contributed by atoms with Crippen LogP contribution >= 0.6 is 11.3 Å². The summed E-state index contributed by atoms with van der Waals surface area (Å²) in [6.07, 6.45) is 4.01. The lowest BCUT2D eigenvalue weighted by atomic mass is 10.2. The molecule has 0 amide bonds. The van der Waals surface area contributed by atoms with Gasteiger partial charge in [-0.05, 0) is 43.2 Å². The summed E-state index contributed by atoms with van der Waals surface area (Å²) in [6, 6.07) is 9.24. The lowest BCUT2D eigenvalue weighted by molar-refractivity contribution is 0.581. The molecule has 25 heavy (non-hydrogen) atoms. The molecule has 0 atom stereocenters. The van der Waals surface area contributed by atoms with Gasteiger partial charge >= 0.3 is 0 Å². The number of aryl methyl sites for hydroxylation is 2. The highest BCUT2D eigenvalue weighted by Gasteiger charge is 2.16. The van der Waals surface area contributed by atoms with Crippen LogP contribution < -0.4 is 4.72 Å². The van der Waals surface area contributed by atoms with Gasteiger partial charge in [0, 0.05) is 36.3 Å². The van der Waals surface area contributed by atoms with E-state index < -0.39 is 10.0 Å². The summed E-state index contributed by atoms with van der Waals surface area (Å²) in [5, 5.41) is 2.87. The van der Waals surface area contributed by atoms with Crippen molar-refractivity contribution in [3.8, 4) is 11.3 Å². The molecule has 5 nitrogen and oxygen atoms in total. The summed E-state index contributed by atoms with van der Waals surface area (Å²) in [6.45, 7) is 4.00. The van der Waals surface area contributed by atoms with E-state index in [2.05, 4.69) is 14.7 Å². The number of thiazole rings is 1. The molecule has 0 aliphatic rings. The molecule has 0 aliphatic heterocycles. The van der Waals surface area contributed by atoms with Crippen LogP contribution in [0.2, 0.25) is 0 Å². The van der Waals surface area contributed by atoms with Gasteiger partial charge in [-0.1, -0.05) is 12.1 Å². The number of rotatable bonds is 6. The molecule has 0 spiro atoms. The predicted molar refractivity (Wildman–Crippen MR) is 100 cm³/mol. The van der Waals surface area contributed by atoms with E-state index in [1.165, 1.54) is 11.3 Å². The summed E-state index contributed by atoms with van der Waals surface area (Å²) in [4.78, 5) is 8.89. The average Bonchev–Trinajstić information content (AvgIpc) is 3.06. The standard InChI is InChI=1S/C18H19N3O2S2/c1-13-3-4-14(2)17(11-13)25(22,23)20-10-7-18-21-16(12-24-18)15-5-8-19-9-6-15/h3-6,8-9,11-12,20H,7,10H2,1-2H3. The van der Waals surface area contributed by atoms with Gasteiger partial charge in [0.05, 0.1) is 15.6 Å². The second kappa shape index (κ2) is 7.43. The van der Waals surface area contributed by atoms with Gasteiger partial charge in [-0.25, -0.2) is 18.1 Å². The molecule has 0 bridgehead atoms. The Kier molecular flexibility index (Phi) is 5.27. The van der Waals surface area contributed by atoms with Crippen molar-refractivity contribution in [1.82, 2.24) is 14.7 Å². The highest BCUT2D eigenvalue weighted by molar-refractivity contribution is 7.89. The Labute approximate surface area is 151 Å². The van der Waals surface area contributed by atoms with Crippen molar-refractivity contribution < 1.29 is 8.42 Å². The molecule has 0 saturated heterocycles. The minimum atomic E-state index is -3.51. The topological polar surface area (TPSA) is 72.0 Å². The second-order valence-electron chi connectivity index (χ2n) is 5.78. The molecule has 3 rings (SSSR count). The molecule has 130 valence electrons. The summed E-state index contributed by atoms with van der Waals surface area (Å²) in [5.74, 6) is 0. The van der Waals surface area contributed by atoms with Gasteiger partial charge in [0.1, 0.15) is 0 Å². The first-order valence-electron chi connectivity index (χ1n) is 7.87. The average molecular weight is 374 g/mol. The SMILES string of the molecule is Cc1ccc(C)c(S(=O)(=O)NCCc2nc(-c3ccncc3)cs2)c1. The van der Waals surface area contributed by atoms with Gasteiger partial charge in [-0.15, -0.1) is 11.3 Å². The zero-order valence-electron chi connectivity index (χ0n) is 14.1. The van der Waals surface area contributed by atoms with Crippen molar-refractivity contribution in [2.75, 3.05) is 6.54 Å². The normalized spacial score (nSPS) is 11.6. The Bertz CT molecular complexity index is 967. The molecule has 2 aromatic heterocycles. The quantitative estimate of drug-likeness (QED) is 0.719. The summed E-state index contributed by atoms with van der Waals surface area (Å²) in [5.41, 5.74) is 3.56. The van der Waals surface area contributed by atoms with Crippen LogP contribution in [0.4, 0.5) is 0 Å². The Morgan fingerprint density at radius 2 is 1.88 bits per heavy atom. The molecule has 7 heteroatoms. The van der Waals surface area contributed by atoms with E-state index in [9.17, 15) is 8.42 Å². The second-order valence-corrected chi connectivity index (χ2v) is 8.46. The van der Waals surface area contributed by atoms with Crippen molar-refractivity contribution in [1.29, 1.82) is 0 Å². The molecule has 1 N–H and O–H groups in total. The molecule has 0 aliphatic carbocycles.